The largest absolute Gasteiger partial charge is 0.478 e. The number of imidazole rings is 1. The summed E-state index contributed by atoms with van der Waals surface area (Å²) in [5.74, 6) is -0.803. The molecule has 0 saturated carbocycles. The maximum Gasteiger partial charge on any atom is 0.418 e. The maximum atomic E-state index is 12.8. The Morgan fingerprint density at radius 1 is 1.38 bits per heavy atom. The van der Waals surface area contributed by atoms with E-state index < -0.39 is 35.1 Å². The molecule has 0 bridgehead atoms. The van der Waals surface area contributed by atoms with Crippen LogP contribution in [-0.4, -0.2) is 49.8 Å². The van der Waals surface area contributed by atoms with Gasteiger partial charge in [0.15, 0.2) is 11.6 Å². The molecule has 34 heavy (non-hydrogen) atoms. The van der Waals surface area contributed by atoms with Crippen molar-refractivity contribution in [1.29, 1.82) is 0 Å². The summed E-state index contributed by atoms with van der Waals surface area (Å²) in [5, 5.41) is 18.7. The lowest BCUT2D eigenvalue weighted by molar-refractivity contribution is -0.190. The van der Waals surface area contributed by atoms with Gasteiger partial charge in [0.2, 0.25) is 0 Å². The summed E-state index contributed by atoms with van der Waals surface area (Å²) in [6.07, 6.45) is -1.20. The molecule has 1 aromatic carbocycles. The standard InChI is InChI=1S/C23H21ClF3N3O4/c1-11-3-4-13(9-14(11)20(32)33)34-21-28-16-10-15(24)17(29-19(16)30-21)22(2)7-5-12(6-8-22)18(31)23(25,26)27/h3-7,9-10,15,17-18,31H,8H2,1-2H3,(H,32,33)(H,28,29,30). The Balaban J connectivity index is 1.58. The van der Waals surface area contributed by atoms with Crippen LogP contribution in [0.4, 0.5) is 13.2 Å². The van der Waals surface area contributed by atoms with Crippen molar-refractivity contribution in [3.05, 3.63) is 64.0 Å². The number of aromatic carboxylic acids is 1. The van der Waals surface area contributed by atoms with Crippen LogP contribution in [0.2, 0.25) is 0 Å². The van der Waals surface area contributed by atoms with E-state index in [1.807, 2.05) is 6.92 Å². The molecule has 11 heteroatoms. The van der Waals surface area contributed by atoms with E-state index in [-0.39, 0.29) is 29.3 Å². The number of aliphatic hydroxyl groups is 1. The second-order valence-electron chi connectivity index (χ2n) is 8.54. The Bertz CT molecular complexity index is 1320. The zero-order valence-electron chi connectivity index (χ0n) is 18.1. The molecule has 4 rings (SSSR count). The molecule has 0 amide bonds. The predicted octanol–water partition coefficient (Wildman–Crippen LogP) is 3.41. The zero-order valence-corrected chi connectivity index (χ0v) is 18.9. The third-order valence-corrected chi connectivity index (χ3v) is 6.33. The van der Waals surface area contributed by atoms with Gasteiger partial charge in [-0.2, -0.15) is 18.2 Å². The number of allylic oxidation sites excluding steroid dienone is 1. The number of hydrogen-bond donors (Lipinski definition) is 3. The summed E-state index contributed by atoms with van der Waals surface area (Å²) in [7, 11) is 0. The SMILES string of the molecule is Cc1ccc(Oc2nc3c([nH]2)=CC(Cl)C(C2(C)C=CC(C(O)C(F)(F)F)=CC2)N=3)cc1C(=O)O. The smallest absolute Gasteiger partial charge is 0.418 e. The maximum absolute atomic E-state index is 12.8. The molecule has 7 nitrogen and oxygen atoms in total. The number of fused-ring (bicyclic) bond motifs is 1. The Morgan fingerprint density at radius 2 is 2.12 bits per heavy atom. The van der Waals surface area contributed by atoms with Crippen molar-refractivity contribution in [1.82, 2.24) is 9.97 Å². The van der Waals surface area contributed by atoms with Crippen LogP contribution in [0.1, 0.15) is 29.3 Å². The average molecular weight is 496 g/mol. The Kier molecular flexibility index (Phi) is 6.07. The number of aromatic amines is 1. The third kappa shape index (κ3) is 4.60. The minimum Gasteiger partial charge on any atom is -0.478 e. The van der Waals surface area contributed by atoms with Crippen molar-refractivity contribution in [3.8, 4) is 11.8 Å². The molecule has 1 aliphatic carbocycles. The van der Waals surface area contributed by atoms with Crippen molar-refractivity contribution in [2.45, 2.75) is 44.0 Å². The van der Waals surface area contributed by atoms with Crippen LogP contribution in [-0.2, 0) is 0 Å². The van der Waals surface area contributed by atoms with Gasteiger partial charge in [-0.15, -0.1) is 11.6 Å². The van der Waals surface area contributed by atoms with E-state index in [1.165, 1.54) is 18.2 Å². The third-order valence-electron chi connectivity index (χ3n) is 5.97. The number of alkyl halides is 4. The Labute approximate surface area is 197 Å². The van der Waals surface area contributed by atoms with Crippen LogP contribution in [0, 0.1) is 12.3 Å². The number of aryl methyl sites for hydroxylation is 1. The first-order valence-electron chi connectivity index (χ1n) is 10.3. The first-order valence-corrected chi connectivity index (χ1v) is 10.8. The van der Waals surface area contributed by atoms with Crippen LogP contribution in [0.5, 0.6) is 11.8 Å². The molecule has 3 N–H and O–H groups in total. The lowest BCUT2D eigenvalue weighted by atomic mass is 9.73. The van der Waals surface area contributed by atoms with Gasteiger partial charge < -0.3 is 19.9 Å². The monoisotopic (exact) mass is 495 g/mol. The average Bonchev–Trinajstić information content (AvgIpc) is 3.14. The van der Waals surface area contributed by atoms with Gasteiger partial charge in [-0.25, -0.2) is 4.79 Å². The molecule has 0 saturated heterocycles. The Morgan fingerprint density at radius 3 is 2.74 bits per heavy atom. The minimum absolute atomic E-state index is 0.0922. The molecule has 1 aliphatic heterocycles. The Hall–Kier alpha value is -3.11. The van der Waals surface area contributed by atoms with Crippen molar-refractivity contribution in [3.63, 3.8) is 0 Å². The molecule has 1 aromatic heterocycles. The number of H-pyrrole nitrogens is 1. The number of benzene rings is 1. The quantitative estimate of drug-likeness (QED) is 0.551. The molecule has 0 radical (unpaired) electrons. The summed E-state index contributed by atoms with van der Waals surface area (Å²) in [6.45, 7) is 3.50. The molecule has 0 fully saturated rings. The van der Waals surface area contributed by atoms with Gasteiger partial charge in [-0.05, 0) is 42.7 Å². The number of carboxylic acids is 1. The number of halogens is 4. The minimum atomic E-state index is -4.75. The number of nitrogens with one attached hydrogen (secondary N) is 1. The number of carboxylic acid groups (broad SMARTS) is 1. The van der Waals surface area contributed by atoms with Crippen LogP contribution < -0.4 is 15.6 Å². The lowest BCUT2D eigenvalue weighted by Crippen LogP contribution is -2.45. The molecule has 4 unspecified atom stereocenters. The number of aliphatic hydroxyl groups excluding tert-OH is 1. The highest BCUT2D eigenvalue weighted by Crippen LogP contribution is 2.40. The van der Waals surface area contributed by atoms with E-state index in [9.17, 15) is 28.2 Å². The molecular formula is C23H21ClF3N3O4. The molecule has 2 aromatic rings. The lowest BCUT2D eigenvalue weighted by Gasteiger charge is -2.36. The molecular weight excluding hydrogens is 475 g/mol. The van der Waals surface area contributed by atoms with Gasteiger partial charge in [-0.1, -0.05) is 31.2 Å². The zero-order chi connectivity index (χ0) is 24.8. The van der Waals surface area contributed by atoms with Crippen molar-refractivity contribution < 1.29 is 32.9 Å². The number of carbonyl (C=O) groups is 1. The first kappa shape index (κ1) is 24.0. The summed E-state index contributed by atoms with van der Waals surface area (Å²) >= 11 is 6.56. The number of ether oxygens (including phenoxy) is 1. The highest BCUT2D eigenvalue weighted by Gasteiger charge is 2.43. The fourth-order valence-corrected chi connectivity index (χ4v) is 4.43. The molecule has 4 atom stereocenters. The number of aromatic nitrogens is 2. The predicted molar refractivity (Wildman–Crippen MR) is 117 cm³/mol. The van der Waals surface area contributed by atoms with E-state index in [2.05, 4.69) is 15.0 Å². The van der Waals surface area contributed by atoms with Gasteiger partial charge in [0, 0.05) is 5.41 Å². The normalized spacial score (nSPS) is 25.0. The summed E-state index contributed by atoms with van der Waals surface area (Å²) < 4.78 is 44.2. The first-order chi connectivity index (χ1) is 15.9. The molecule has 2 aliphatic rings. The van der Waals surface area contributed by atoms with Crippen molar-refractivity contribution in [2.24, 2.45) is 10.4 Å². The number of nitrogens with zero attached hydrogens (tertiary/aromatic N) is 2. The fraction of sp³-hybridized carbons (Fsp3) is 0.348. The summed E-state index contributed by atoms with van der Waals surface area (Å²) in [5.41, 5.74) is 0.0884. The number of hydrogen-bond acceptors (Lipinski definition) is 5. The highest BCUT2D eigenvalue weighted by molar-refractivity contribution is 6.24. The van der Waals surface area contributed by atoms with E-state index in [1.54, 1.807) is 31.2 Å². The summed E-state index contributed by atoms with van der Waals surface area (Å²) in [4.78, 5) is 23.2. The molecule has 0 spiro atoms. The van der Waals surface area contributed by atoms with E-state index in [0.717, 1.165) is 0 Å². The highest BCUT2D eigenvalue weighted by atomic mass is 35.5. The fourth-order valence-electron chi connectivity index (χ4n) is 3.96. The van der Waals surface area contributed by atoms with Gasteiger partial charge in [0.1, 0.15) is 5.75 Å². The number of rotatable bonds is 5. The van der Waals surface area contributed by atoms with Crippen molar-refractivity contribution >= 4 is 23.6 Å². The van der Waals surface area contributed by atoms with Gasteiger partial charge in [-0.3, -0.25) is 4.99 Å². The van der Waals surface area contributed by atoms with Gasteiger partial charge in [0.05, 0.1) is 22.3 Å². The van der Waals surface area contributed by atoms with Crippen LogP contribution in [0.15, 0.2) is 47.0 Å². The van der Waals surface area contributed by atoms with Gasteiger partial charge >= 0.3 is 18.2 Å². The van der Waals surface area contributed by atoms with E-state index in [4.69, 9.17) is 16.3 Å². The summed E-state index contributed by atoms with van der Waals surface area (Å²) in [6, 6.07) is 4.18. The van der Waals surface area contributed by atoms with Gasteiger partial charge in [0.25, 0.3) is 0 Å². The topological polar surface area (TPSA) is 108 Å². The van der Waals surface area contributed by atoms with Crippen molar-refractivity contribution in [2.75, 3.05) is 0 Å². The van der Waals surface area contributed by atoms with Crippen LogP contribution in [0.3, 0.4) is 0 Å². The second kappa shape index (κ2) is 8.59. The van der Waals surface area contributed by atoms with E-state index in [0.29, 0.717) is 16.4 Å². The van der Waals surface area contributed by atoms with E-state index >= 15 is 0 Å². The van der Waals surface area contributed by atoms with Crippen LogP contribution >= 0.6 is 11.6 Å². The molecule has 180 valence electrons. The molecule has 2 heterocycles. The van der Waals surface area contributed by atoms with Crippen LogP contribution in [0.25, 0.3) is 6.08 Å². The second-order valence-corrected chi connectivity index (χ2v) is 9.04.